The highest BCUT2D eigenvalue weighted by Gasteiger charge is 2.15. The fraction of sp³-hybridized carbons (Fsp3) is 0.0714. The number of nitriles is 1. The van der Waals surface area contributed by atoms with Crippen LogP contribution in [-0.4, -0.2) is 8.42 Å². The number of hydrogen-bond donors (Lipinski definition) is 1. The zero-order chi connectivity index (χ0) is 15.5. The van der Waals surface area contributed by atoms with Crippen molar-refractivity contribution in [2.75, 3.05) is 4.72 Å². The average molecular weight is 430 g/mol. The van der Waals surface area contributed by atoms with Gasteiger partial charge in [0.2, 0.25) is 10.0 Å². The van der Waals surface area contributed by atoms with Crippen LogP contribution in [0.5, 0.6) is 0 Å². The lowest BCUT2D eigenvalue weighted by Crippen LogP contribution is -2.15. The van der Waals surface area contributed by atoms with Crippen molar-refractivity contribution in [1.29, 1.82) is 5.26 Å². The number of hydrogen-bond acceptors (Lipinski definition) is 3. The summed E-state index contributed by atoms with van der Waals surface area (Å²) in [5, 5.41) is 8.73. The molecule has 0 aliphatic heterocycles. The van der Waals surface area contributed by atoms with Gasteiger partial charge >= 0.3 is 0 Å². The van der Waals surface area contributed by atoms with Crippen LogP contribution in [0.2, 0.25) is 0 Å². The van der Waals surface area contributed by atoms with Gasteiger partial charge in [-0.25, -0.2) is 8.42 Å². The predicted molar refractivity (Wildman–Crippen MR) is 89.2 cm³/mol. The van der Waals surface area contributed by atoms with Crippen molar-refractivity contribution in [2.24, 2.45) is 0 Å². The van der Waals surface area contributed by atoms with Gasteiger partial charge in [-0.3, -0.25) is 4.72 Å². The van der Waals surface area contributed by atoms with Crippen molar-refractivity contribution in [1.82, 2.24) is 0 Å². The molecule has 0 atom stereocenters. The van der Waals surface area contributed by atoms with Crippen LogP contribution in [-0.2, 0) is 15.8 Å². The quantitative estimate of drug-likeness (QED) is 0.797. The molecule has 0 heterocycles. The highest BCUT2D eigenvalue weighted by molar-refractivity contribution is 9.11. The molecule has 0 fully saturated rings. The smallest absolute Gasteiger partial charge is 0.236 e. The fourth-order valence-electron chi connectivity index (χ4n) is 1.68. The molecule has 0 aliphatic rings. The SMILES string of the molecule is N#Cc1ccc(CS(=O)(=O)Nc2c(Br)cccc2Br)cc1. The minimum Gasteiger partial charge on any atom is -0.281 e. The summed E-state index contributed by atoms with van der Waals surface area (Å²) in [6.07, 6.45) is 0. The number of nitrogens with one attached hydrogen (secondary N) is 1. The fourth-order valence-corrected chi connectivity index (χ4v) is 4.38. The second-order valence-electron chi connectivity index (χ2n) is 4.27. The summed E-state index contributed by atoms with van der Waals surface area (Å²) in [5.41, 5.74) is 1.58. The lowest BCUT2D eigenvalue weighted by atomic mass is 10.2. The van der Waals surface area contributed by atoms with Crippen molar-refractivity contribution < 1.29 is 8.42 Å². The van der Waals surface area contributed by atoms with Crippen LogP contribution in [0.25, 0.3) is 0 Å². The molecule has 2 aromatic carbocycles. The van der Waals surface area contributed by atoms with Crippen LogP contribution in [0.4, 0.5) is 5.69 Å². The molecule has 4 nitrogen and oxygen atoms in total. The van der Waals surface area contributed by atoms with Crippen LogP contribution in [0.1, 0.15) is 11.1 Å². The van der Waals surface area contributed by atoms with Crippen LogP contribution >= 0.6 is 31.9 Å². The summed E-state index contributed by atoms with van der Waals surface area (Å²) >= 11 is 6.62. The van der Waals surface area contributed by atoms with E-state index in [1.54, 1.807) is 42.5 Å². The van der Waals surface area contributed by atoms with Crippen LogP contribution in [0.3, 0.4) is 0 Å². The molecule has 0 radical (unpaired) electrons. The number of sulfonamides is 1. The maximum absolute atomic E-state index is 12.2. The molecule has 108 valence electrons. The van der Waals surface area contributed by atoms with Gasteiger partial charge in [-0.2, -0.15) is 5.26 Å². The Morgan fingerprint density at radius 1 is 1.05 bits per heavy atom. The zero-order valence-electron chi connectivity index (χ0n) is 10.7. The largest absolute Gasteiger partial charge is 0.281 e. The van der Waals surface area contributed by atoms with Crippen molar-refractivity contribution >= 4 is 47.6 Å². The Morgan fingerprint density at radius 2 is 1.62 bits per heavy atom. The molecule has 0 aromatic heterocycles. The summed E-state index contributed by atoms with van der Waals surface area (Å²) in [4.78, 5) is 0. The summed E-state index contributed by atoms with van der Waals surface area (Å²) in [7, 11) is -3.55. The number of anilines is 1. The summed E-state index contributed by atoms with van der Waals surface area (Å²) in [6, 6.07) is 13.8. The molecule has 21 heavy (non-hydrogen) atoms. The minimum atomic E-state index is -3.55. The van der Waals surface area contributed by atoms with Gasteiger partial charge in [0.05, 0.1) is 23.1 Å². The Hall–Kier alpha value is -1.36. The van der Waals surface area contributed by atoms with Gasteiger partial charge in [-0.15, -0.1) is 0 Å². The number of nitrogens with zero attached hydrogens (tertiary/aromatic N) is 1. The van der Waals surface area contributed by atoms with Gasteiger partial charge in [-0.1, -0.05) is 18.2 Å². The van der Waals surface area contributed by atoms with Crippen LogP contribution in [0, 0.1) is 11.3 Å². The number of para-hydroxylation sites is 1. The third kappa shape index (κ3) is 4.30. The van der Waals surface area contributed by atoms with Crippen molar-refractivity contribution in [3.63, 3.8) is 0 Å². The molecule has 0 bridgehead atoms. The van der Waals surface area contributed by atoms with Gasteiger partial charge in [0.15, 0.2) is 0 Å². The first-order chi connectivity index (χ1) is 9.91. The first-order valence-corrected chi connectivity index (χ1v) is 9.08. The third-order valence-corrected chi connectivity index (χ3v) is 5.21. The molecule has 0 saturated carbocycles. The number of rotatable bonds is 4. The number of halogens is 2. The second kappa shape index (κ2) is 6.60. The first-order valence-electron chi connectivity index (χ1n) is 5.85. The molecule has 0 saturated heterocycles. The standard InChI is InChI=1S/C14H10Br2N2O2S/c15-12-2-1-3-13(16)14(12)18-21(19,20)9-11-6-4-10(8-17)5-7-11/h1-7,18H,9H2. The van der Waals surface area contributed by atoms with Gasteiger partial charge in [-0.05, 0) is 61.7 Å². The van der Waals surface area contributed by atoms with Crippen molar-refractivity contribution in [3.05, 3.63) is 62.5 Å². The molecule has 0 amide bonds. The summed E-state index contributed by atoms with van der Waals surface area (Å²) in [6.45, 7) is 0. The topological polar surface area (TPSA) is 70.0 Å². The zero-order valence-corrected chi connectivity index (χ0v) is 14.7. The Balaban J connectivity index is 2.21. The maximum atomic E-state index is 12.2. The van der Waals surface area contributed by atoms with Gasteiger partial charge in [0.25, 0.3) is 0 Å². The van der Waals surface area contributed by atoms with E-state index < -0.39 is 10.0 Å². The minimum absolute atomic E-state index is 0.160. The molecule has 0 unspecified atom stereocenters. The normalized spacial score (nSPS) is 10.9. The molecule has 0 aliphatic carbocycles. The van der Waals surface area contributed by atoms with E-state index in [1.807, 2.05) is 6.07 Å². The van der Waals surface area contributed by atoms with Gasteiger partial charge in [0, 0.05) is 8.95 Å². The molecule has 1 N–H and O–H groups in total. The van der Waals surface area contributed by atoms with E-state index in [1.165, 1.54) is 0 Å². The number of benzene rings is 2. The van der Waals surface area contributed by atoms with Gasteiger partial charge in [0.1, 0.15) is 0 Å². The van der Waals surface area contributed by atoms with Crippen LogP contribution in [0.15, 0.2) is 51.4 Å². The summed E-state index contributed by atoms with van der Waals surface area (Å²) in [5.74, 6) is -0.160. The maximum Gasteiger partial charge on any atom is 0.236 e. The first kappa shape index (κ1) is 16.0. The van der Waals surface area contributed by atoms with E-state index in [9.17, 15) is 8.42 Å². The van der Waals surface area contributed by atoms with Crippen LogP contribution < -0.4 is 4.72 Å². The molecular formula is C14H10Br2N2O2S. The summed E-state index contributed by atoms with van der Waals surface area (Å²) < 4.78 is 28.3. The van der Waals surface area contributed by atoms with E-state index in [2.05, 4.69) is 36.6 Å². The van der Waals surface area contributed by atoms with Gasteiger partial charge < -0.3 is 0 Å². The second-order valence-corrected chi connectivity index (χ2v) is 7.70. The molecule has 2 aromatic rings. The monoisotopic (exact) mass is 428 g/mol. The van der Waals surface area contributed by atoms with E-state index in [-0.39, 0.29) is 5.75 Å². The molecule has 7 heteroatoms. The highest BCUT2D eigenvalue weighted by atomic mass is 79.9. The average Bonchev–Trinajstić information content (AvgIpc) is 2.43. The van der Waals surface area contributed by atoms with E-state index in [0.29, 0.717) is 25.8 Å². The van der Waals surface area contributed by atoms with E-state index >= 15 is 0 Å². The van der Waals surface area contributed by atoms with Crippen molar-refractivity contribution in [2.45, 2.75) is 5.75 Å². The Bertz CT molecular complexity index is 776. The lowest BCUT2D eigenvalue weighted by molar-refractivity contribution is 0.600. The predicted octanol–water partition coefficient (Wildman–Crippen LogP) is 4.03. The molecular weight excluding hydrogens is 420 g/mol. The highest BCUT2D eigenvalue weighted by Crippen LogP contribution is 2.31. The molecule has 2 rings (SSSR count). The lowest BCUT2D eigenvalue weighted by Gasteiger charge is -2.11. The Labute approximate surface area is 140 Å². The van der Waals surface area contributed by atoms with Crippen molar-refractivity contribution in [3.8, 4) is 6.07 Å². The Morgan fingerprint density at radius 3 is 2.14 bits per heavy atom. The Kier molecular flexibility index (Phi) is 5.04. The van der Waals surface area contributed by atoms with E-state index in [0.717, 1.165) is 0 Å². The van der Waals surface area contributed by atoms with E-state index in [4.69, 9.17) is 5.26 Å². The third-order valence-electron chi connectivity index (χ3n) is 2.66. The molecule has 0 spiro atoms.